The Labute approximate surface area is 122 Å². The standard InChI is InChI=1S/C16H17N3S/c1-10(2)17-16-19-15(9-20-16)13-8-11(3)18-14-7-5-4-6-12(13)14/h4-10H,1-3H3,(H,17,19). The van der Waals surface area contributed by atoms with E-state index in [2.05, 4.69) is 41.7 Å². The Morgan fingerprint density at radius 3 is 2.75 bits per heavy atom. The van der Waals surface area contributed by atoms with Gasteiger partial charge in [-0.2, -0.15) is 0 Å². The summed E-state index contributed by atoms with van der Waals surface area (Å²) in [4.78, 5) is 9.27. The van der Waals surface area contributed by atoms with Gasteiger partial charge in [0, 0.05) is 28.1 Å². The molecule has 3 rings (SSSR count). The van der Waals surface area contributed by atoms with Crippen LogP contribution >= 0.6 is 11.3 Å². The molecular formula is C16H17N3S. The van der Waals surface area contributed by atoms with Crippen molar-refractivity contribution in [1.82, 2.24) is 9.97 Å². The van der Waals surface area contributed by atoms with Gasteiger partial charge in [-0.3, -0.25) is 4.98 Å². The SMILES string of the molecule is Cc1cc(-c2csc(NC(C)C)n2)c2ccccc2n1. The van der Waals surface area contributed by atoms with Gasteiger partial charge in [0.2, 0.25) is 0 Å². The van der Waals surface area contributed by atoms with Crippen LogP contribution in [0.25, 0.3) is 22.2 Å². The number of hydrogen-bond acceptors (Lipinski definition) is 4. The van der Waals surface area contributed by atoms with Crippen LogP contribution < -0.4 is 5.32 Å². The Kier molecular flexibility index (Phi) is 3.40. The number of fused-ring (bicyclic) bond motifs is 1. The van der Waals surface area contributed by atoms with Crippen LogP contribution in [-0.2, 0) is 0 Å². The zero-order valence-electron chi connectivity index (χ0n) is 11.8. The van der Waals surface area contributed by atoms with Crippen molar-refractivity contribution in [2.75, 3.05) is 5.32 Å². The predicted molar refractivity (Wildman–Crippen MR) is 86.3 cm³/mol. The molecule has 102 valence electrons. The van der Waals surface area contributed by atoms with Crippen molar-refractivity contribution < 1.29 is 0 Å². The number of rotatable bonds is 3. The number of para-hydroxylation sites is 1. The molecule has 4 heteroatoms. The van der Waals surface area contributed by atoms with E-state index in [1.54, 1.807) is 11.3 Å². The molecule has 0 spiro atoms. The number of anilines is 1. The van der Waals surface area contributed by atoms with Crippen LogP contribution in [0, 0.1) is 6.92 Å². The first-order valence-corrected chi connectivity index (χ1v) is 7.60. The molecule has 1 aromatic carbocycles. The lowest BCUT2D eigenvalue weighted by atomic mass is 10.1. The summed E-state index contributed by atoms with van der Waals surface area (Å²) in [5, 5.41) is 7.57. The van der Waals surface area contributed by atoms with E-state index >= 15 is 0 Å². The van der Waals surface area contributed by atoms with Crippen molar-refractivity contribution >= 4 is 27.4 Å². The minimum absolute atomic E-state index is 0.393. The fourth-order valence-corrected chi connectivity index (χ4v) is 3.09. The van der Waals surface area contributed by atoms with Crippen LogP contribution in [0.5, 0.6) is 0 Å². The molecule has 0 fully saturated rings. The topological polar surface area (TPSA) is 37.8 Å². The van der Waals surface area contributed by atoms with Crippen molar-refractivity contribution in [3.05, 3.63) is 41.4 Å². The molecule has 20 heavy (non-hydrogen) atoms. The van der Waals surface area contributed by atoms with E-state index < -0.39 is 0 Å². The van der Waals surface area contributed by atoms with Gasteiger partial charge in [-0.15, -0.1) is 11.3 Å². The minimum atomic E-state index is 0.393. The molecular weight excluding hydrogens is 266 g/mol. The van der Waals surface area contributed by atoms with Gasteiger partial charge >= 0.3 is 0 Å². The van der Waals surface area contributed by atoms with Gasteiger partial charge < -0.3 is 5.32 Å². The lowest BCUT2D eigenvalue weighted by Crippen LogP contribution is -2.08. The van der Waals surface area contributed by atoms with E-state index in [4.69, 9.17) is 4.98 Å². The van der Waals surface area contributed by atoms with Crippen molar-refractivity contribution in [2.24, 2.45) is 0 Å². The number of aryl methyl sites for hydroxylation is 1. The molecule has 0 saturated heterocycles. The summed E-state index contributed by atoms with van der Waals surface area (Å²) in [6.45, 7) is 6.26. The van der Waals surface area contributed by atoms with E-state index in [0.29, 0.717) is 6.04 Å². The molecule has 0 saturated carbocycles. The molecule has 0 aliphatic carbocycles. The van der Waals surface area contributed by atoms with E-state index in [9.17, 15) is 0 Å². The third kappa shape index (κ3) is 2.51. The third-order valence-corrected chi connectivity index (χ3v) is 3.81. The van der Waals surface area contributed by atoms with Crippen molar-refractivity contribution in [3.63, 3.8) is 0 Å². The smallest absolute Gasteiger partial charge is 0.183 e. The number of aromatic nitrogens is 2. The van der Waals surface area contributed by atoms with E-state index in [0.717, 1.165) is 33.0 Å². The highest BCUT2D eigenvalue weighted by molar-refractivity contribution is 7.14. The average molecular weight is 283 g/mol. The second-order valence-corrected chi connectivity index (χ2v) is 6.02. The Bertz CT molecular complexity index is 746. The Morgan fingerprint density at radius 2 is 1.95 bits per heavy atom. The average Bonchev–Trinajstić information content (AvgIpc) is 2.85. The fourth-order valence-electron chi connectivity index (χ4n) is 2.23. The summed E-state index contributed by atoms with van der Waals surface area (Å²) >= 11 is 1.64. The first-order valence-electron chi connectivity index (χ1n) is 6.72. The van der Waals surface area contributed by atoms with Gasteiger partial charge in [0.25, 0.3) is 0 Å². The first-order chi connectivity index (χ1) is 9.63. The molecule has 3 nitrogen and oxygen atoms in total. The predicted octanol–water partition coefficient (Wildman–Crippen LogP) is 4.49. The van der Waals surface area contributed by atoms with Crippen LogP contribution in [0.3, 0.4) is 0 Å². The van der Waals surface area contributed by atoms with E-state index in [1.165, 1.54) is 0 Å². The number of benzene rings is 1. The normalized spacial score (nSPS) is 11.2. The molecule has 0 bridgehead atoms. The highest BCUT2D eigenvalue weighted by atomic mass is 32.1. The van der Waals surface area contributed by atoms with Crippen molar-refractivity contribution in [2.45, 2.75) is 26.8 Å². The van der Waals surface area contributed by atoms with Crippen LogP contribution in [0.4, 0.5) is 5.13 Å². The lowest BCUT2D eigenvalue weighted by molar-refractivity contribution is 0.897. The second-order valence-electron chi connectivity index (χ2n) is 5.17. The molecule has 0 aliphatic rings. The van der Waals surface area contributed by atoms with Gasteiger partial charge in [-0.05, 0) is 32.9 Å². The maximum atomic E-state index is 4.69. The minimum Gasteiger partial charge on any atom is -0.359 e. The highest BCUT2D eigenvalue weighted by Crippen LogP contribution is 2.31. The van der Waals surface area contributed by atoms with Gasteiger partial charge in [0.15, 0.2) is 5.13 Å². The molecule has 3 aromatic rings. The van der Waals surface area contributed by atoms with Gasteiger partial charge in [-0.25, -0.2) is 4.98 Å². The number of hydrogen-bond donors (Lipinski definition) is 1. The van der Waals surface area contributed by atoms with Crippen LogP contribution in [-0.4, -0.2) is 16.0 Å². The maximum absolute atomic E-state index is 4.69. The van der Waals surface area contributed by atoms with Gasteiger partial charge in [-0.1, -0.05) is 18.2 Å². The molecule has 0 aliphatic heterocycles. The maximum Gasteiger partial charge on any atom is 0.183 e. The van der Waals surface area contributed by atoms with E-state index in [-0.39, 0.29) is 0 Å². The Balaban J connectivity index is 2.11. The molecule has 0 atom stereocenters. The van der Waals surface area contributed by atoms with Crippen LogP contribution in [0.2, 0.25) is 0 Å². The number of nitrogens with one attached hydrogen (secondary N) is 1. The zero-order chi connectivity index (χ0) is 14.1. The summed E-state index contributed by atoms with van der Waals surface area (Å²) in [7, 11) is 0. The monoisotopic (exact) mass is 283 g/mol. The van der Waals surface area contributed by atoms with Gasteiger partial charge in [0.1, 0.15) is 0 Å². The summed E-state index contributed by atoms with van der Waals surface area (Å²) in [6.07, 6.45) is 0. The first kappa shape index (κ1) is 13.1. The number of thiazole rings is 1. The Hall–Kier alpha value is -1.94. The molecule has 0 unspecified atom stereocenters. The number of nitrogens with zero attached hydrogens (tertiary/aromatic N) is 2. The zero-order valence-corrected chi connectivity index (χ0v) is 12.7. The highest BCUT2D eigenvalue weighted by Gasteiger charge is 2.10. The quantitative estimate of drug-likeness (QED) is 0.769. The molecule has 2 heterocycles. The second kappa shape index (κ2) is 5.21. The fraction of sp³-hybridized carbons (Fsp3) is 0.250. The number of pyridine rings is 1. The molecule has 2 aromatic heterocycles. The van der Waals surface area contributed by atoms with Gasteiger partial charge in [0.05, 0.1) is 11.2 Å². The summed E-state index contributed by atoms with van der Waals surface area (Å²) in [5.74, 6) is 0. The van der Waals surface area contributed by atoms with E-state index in [1.807, 2.05) is 25.1 Å². The van der Waals surface area contributed by atoms with Crippen molar-refractivity contribution in [1.29, 1.82) is 0 Å². The van der Waals surface area contributed by atoms with Crippen molar-refractivity contribution in [3.8, 4) is 11.3 Å². The molecule has 0 amide bonds. The molecule has 0 radical (unpaired) electrons. The molecule has 1 N–H and O–H groups in total. The Morgan fingerprint density at radius 1 is 1.15 bits per heavy atom. The summed E-state index contributed by atoms with van der Waals surface area (Å²) in [6, 6.07) is 10.7. The van der Waals surface area contributed by atoms with Crippen LogP contribution in [0.15, 0.2) is 35.7 Å². The largest absolute Gasteiger partial charge is 0.359 e. The summed E-state index contributed by atoms with van der Waals surface area (Å²) < 4.78 is 0. The van der Waals surface area contributed by atoms with Crippen LogP contribution in [0.1, 0.15) is 19.5 Å². The third-order valence-electron chi connectivity index (χ3n) is 3.04. The lowest BCUT2D eigenvalue weighted by Gasteiger charge is -2.06. The summed E-state index contributed by atoms with van der Waals surface area (Å²) in [5.41, 5.74) is 4.21.